The summed E-state index contributed by atoms with van der Waals surface area (Å²) in [5.41, 5.74) is 2.19. The third-order valence-electron chi connectivity index (χ3n) is 5.03. The van der Waals surface area contributed by atoms with Gasteiger partial charge in [-0.3, -0.25) is 4.79 Å². The van der Waals surface area contributed by atoms with Gasteiger partial charge in [-0.1, -0.05) is 12.1 Å². The second-order valence-electron chi connectivity index (χ2n) is 7.54. The normalized spacial score (nSPS) is 19.4. The van der Waals surface area contributed by atoms with Crippen molar-refractivity contribution in [1.82, 2.24) is 10.3 Å². The number of hydrogen-bond donors (Lipinski definition) is 2. The Morgan fingerprint density at radius 3 is 2.52 bits per heavy atom. The molecule has 1 saturated heterocycles. The lowest BCUT2D eigenvalue weighted by Crippen LogP contribution is -2.41. The number of aromatic amines is 1. The van der Waals surface area contributed by atoms with Gasteiger partial charge in [-0.2, -0.15) is 0 Å². The zero-order valence-electron chi connectivity index (χ0n) is 15.5. The smallest absolute Gasteiger partial charge is 0.400 e. The quantitative estimate of drug-likeness (QED) is 0.840. The molecule has 1 fully saturated rings. The first kappa shape index (κ1) is 17.8. The Morgan fingerprint density at radius 2 is 1.88 bits per heavy atom. The number of carbonyl (C=O) groups excluding carboxylic acids is 1. The van der Waals surface area contributed by atoms with Crippen molar-refractivity contribution < 1.29 is 14.1 Å². The van der Waals surface area contributed by atoms with Crippen molar-refractivity contribution in [2.24, 2.45) is 0 Å². The Hall–Kier alpha value is -2.05. The summed E-state index contributed by atoms with van der Waals surface area (Å²) in [5, 5.41) is 4.00. The van der Waals surface area contributed by atoms with Gasteiger partial charge in [0.05, 0.1) is 11.2 Å². The number of benzene rings is 1. The highest BCUT2D eigenvalue weighted by Gasteiger charge is 2.52. The van der Waals surface area contributed by atoms with Crippen LogP contribution in [0.15, 0.2) is 35.9 Å². The van der Waals surface area contributed by atoms with E-state index in [1.165, 1.54) is 6.92 Å². The van der Waals surface area contributed by atoms with Gasteiger partial charge in [-0.15, -0.1) is 0 Å². The van der Waals surface area contributed by atoms with Crippen LogP contribution in [0.2, 0.25) is 0 Å². The lowest BCUT2D eigenvalue weighted by atomic mass is 9.77. The average molecular weight is 340 g/mol. The number of carbonyl (C=O) groups is 1. The molecule has 1 aromatic heterocycles. The molecule has 1 amide bonds. The Balaban J connectivity index is 1.92. The summed E-state index contributed by atoms with van der Waals surface area (Å²) in [6.45, 7) is 9.98. The molecule has 3 rings (SSSR count). The Labute approximate surface area is 148 Å². The molecule has 0 unspecified atom stereocenters. The lowest BCUT2D eigenvalue weighted by molar-refractivity contribution is -0.118. The fourth-order valence-electron chi connectivity index (χ4n) is 2.80. The first-order valence-corrected chi connectivity index (χ1v) is 8.56. The van der Waals surface area contributed by atoms with E-state index >= 15 is 0 Å². The second-order valence-corrected chi connectivity index (χ2v) is 7.54. The standard InChI is InChI=1S/C19H25BN2O3/c1-13(23)22-12-16(20-24-18(2,3)19(4,5)25-20)11-14-6-7-17-15(10-14)8-9-21-17/h6-11,21H,12H2,1-5H3,(H,22,23). The molecule has 25 heavy (non-hydrogen) atoms. The van der Waals surface area contributed by atoms with Crippen molar-refractivity contribution in [3.05, 3.63) is 41.5 Å². The van der Waals surface area contributed by atoms with Gasteiger partial charge in [0.25, 0.3) is 0 Å². The fourth-order valence-corrected chi connectivity index (χ4v) is 2.80. The van der Waals surface area contributed by atoms with Crippen molar-refractivity contribution >= 4 is 30.0 Å². The average Bonchev–Trinajstić information content (AvgIpc) is 3.05. The van der Waals surface area contributed by atoms with Gasteiger partial charge < -0.3 is 19.6 Å². The van der Waals surface area contributed by atoms with Crippen LogP contribution in [0.1, 0.15) is 40.2 Å². The number of aromatic nitrogens is 1. The number of nitrogens with one attached hydrogen (secondary N) is 2. The van der Waals surface area contributed by atoms with Crippen LogP contribution in [0, 0.1) is 0 Å². The molecule has 5 nitrogen and oxygen atoms in total. The highest BCUT2D eigenvalue weighted by molar-refractivity contribution is 6.56. The fraction of sp³-hybridized carbons (Fsp3) is 0.421. The van der Waals surface area contributed by atoms with Gasteiger partial charge in [-0.05, 0) is 62.3 Å². The molecule has 0 spiro atoms. The van der Waals surface area contributed by atoms with E-state index in [0.29, 0.717) is 6.54 Å². The second kappa shape index (κ2) is 6.35. The van der Waals surface area contributed by atoms with Crippen LogP contribution in [-0.4, -0.2) is 35.8 Å². The van der Waals surface area contributed by atoms with Crippen molar-refractivity contribution in [3.8, 4) is 0 Å². The van der Waals surface area contributed by atoms with E-state index in [1.807, 2.05) is 58.2 Å². The van der Waals surface area contributed by atoms with Gasteiger partial charge in [0.2, 0.25) is 5.91 Å². The van der Waals surface area contributed by atoms with Crippen molar-refractivity contribution in [1.29, 1.82) is 0 Å². The Morgan fingerprint density at radius 1 is 1.20 bits per heavy atom. The third kappa shape index (κ3) is 3.65. The molecule has 2 N–H and O–H groups in total. The molecule has 1 aliphatic heterocycles. The lowest BCUT2D eigenvalue weighted by Gasteiger charge is -2.32. The number of rotatable bonds is 4. The molecular weight excluding hydrogens is 315 g/mol. The molecular formula is C19H25BN2O3. The SMILES string of the molecule is CC(=O)NCC(=Cc1ccc2[nH]ccc2c1)B1OC(C)(C)C(C)(C)O1. The first-order valence-electron chi connectivity index (χ1n) is 8.56. The van der Waals surface area contributed by atoms with Crippen molar-refractivity contribution in [2.75, 3.05) is 6.54 Å². The van der Waals surface area contributed by atoms with E-state index in [9.17, 15) is 4.79 Å². The maximum Gasteiger partial charge on any atom is 0.492 e. The van der Waals surface area contributed by atoms with Crippen LogP contribution < -0.4 is 5.32 Å². The van der Waals surface area contributed by atoms with E-state index < -0.39 is 18.3 Å². The molecule has 6 heteroatoms. The minimum atomic E-state index is -0.487. The largest absolute Gasteiger partial charge is 0.492 e. The molecule has 1 aliphatic rings. The topological polar surface area (TPSA) is 63.4 Å². The van der Waals surface area contributed by atoms with Crippen LogP contribution in [-0.2, 0) is 14.1 Å². The van der Waals surface area contributed by atoms with E-state index in [2.05, 4.69) is 16.4 Å². The Kier molecular flexibility index (Phi) is 4.52. The highest BCUT2D eigenvalue weighted by atomic mass is 16.7. The number of amides is 1. The van der Waals surface area contributed by atoms with E-state index in [1.54, 1.807) is 0 Å². The predicted octanol–water partition coefficient (Wildman–Crippen LogP) is 3.32. The maximum absolute atomic E-state index is 11.4. The summed E-state index contributed by atoms with van der Waals surface area (Å²) >= 11 is 0. The molecule has 132 valence electrons. The zero-order chi connectivity index (χ0) is 18.2. The summed E-state index contributed by atoms with van der Waals surface area (Å²) in [7, 11) is -0.487. The summed E-state index contributed by atoms with van der Waals surface area (Å²) in [4.78, 5) is 14.6. The van der Waals surface area contributed by atoms with Gasteiger partial charge >= 0.3 is 7.12 Å². The zero-order valence-corrected chi connectivity index (χ0v) is 15.5. The highest BCUT2D eigenvalue weighted by Crippen LogP contribution is 2.38. The third-order valence-corrected chi connectivity index (χ3v) is 5.03. The maximum atomic E-state index is 11.4. The number of fused-ring (bicyclic) bond motifs is 1. The summed E-state index contributed by atoms with van der Waals surface area (Å²) in [5.74, 6) is -0.0801. The molecule has 2 heterocycles. The van der Waals surface area contributed by atoms with Crippen LogP contribution >= 0.6 is 0 Å². The van der Waals surface area contributed by atoms with Crippen molar-refractivity contribution in [3.63, 3.8) is 0 Å². The van der Waals surface area contributed by atoms with Crippen molar-refractivity contribution in [2.45, 2.75) is 45.8 Å². The van der Waals surface area contributed by atoms with Crippen LogP contribution in [0.4, 0.5) is 0 Å². The molecule has 0 bridgehead atoms. The van der Waals surface area contributed by atoms with Crippen LogP contribution in [0.3, 0.4) is 0 Å². The van der Waals surface area contributed by atoms with Crippen LogP contribution in [0.5, 0.6) is 0 Å². The van der Waals surface area contributed by atoms with E-state index in [-0.39, 0.29) is 5.91 Å². The number of H-pyrrole nitrogens is 1. The molecule has 0 saturated carbocycles. The van der Waals surface area contributed by atoms with E-state index in [0.717, 1.165) is 21.9 Å². The van der Waals surface area contributed by atoms with E-state index in [4.69, 9.17) is 9.31 Å². The monoisotopic (exact) mass is 340 g/mol. The van der Waals surface area contributed by atoms with Gasteiger partial charge in [0, 0.05) is 25.2 Å². The molecule has 0 radical (unpaired) electrons. The first-order chi connectivity index (χ1) is 11.7. The van der Waals surface area contributed by atoms with Gasteiger partial charge in [0.1, 0.15) is 0 Å². The summed E-state index contributed by atoms with van der Waals surface area (Å²) < 4.78 is 12.3. The molecule has 2 aromatic rings. The number of hydrogen-bond acceptors (Lipinski definition) is 3. The van der Waals surface area contributed by atoms with Gasteiger partial charge in [-0.25, -0.2) is 0 Å². The van der Waals surface area contributed by atoms with Gasteiger partial charge in [0.15, 0.2) is 0 Å². The minimum Gasteiger partial charge on any atom is -0.400 e. The van der Waals surface area contributed by atoms with Crippen LogP contribution in [0.25, 0.3) is 17.0 Å². The molecule has 0 atom stereocenters. The molecule has 1 aromatic carbocycles. The minimum absolute atomic E-state index is 0.0801. The molecule has 0 aliphatic carbocycles. The summed E-state index contributed by atoms with van der Waals surface area (Å²) in [6, 6.07) is 8.22. The Bertz CT molecular complexity index is 807. The predicted molar refractivity (Wildman–Crippen MR) is 101 cm³/mol. The summed E-state index contributed by atoms with van der Waals surface area (Å²) in [6.07, 6.45) is 3.95.